The molecule has 0 aromatic carbocycles. The smallest absolute Gasteiger partial charge is 0.321 e. The number of rotatable bonds is 4. The quantitative estimate of drug-likeness (QED) is 0.904. The van der Waals surface area contributed by atoms with Crippen molar-refractivity contribution in [3.8, 4) is 0 Å². The number of methoxy groups -OCH3 is 1. The van der Waals surface area contributed by atoms with Crippen LogP contribution in [0.3, 0.4) is 0 Å². The highest BCUT2D eigenvalue weighted by molar-refractivity contribution is 5.89. The minimum atomic E-state index is -0.0298. The third-order valence-corrected chi connectivity index (χ3v) is 3.35. The second-order valence-corrected chi connectivity index (χ2v) is 5.11. The molecule has 0 spiro atoms. The summed E-state index contributed by atoms with van der Waals surface area (Å²) in [4.78, 5) is 14.0. The molecule has 1 atom stereocenters. The summed E-state index contributed by atoms with van der Waals surface area (Å²) in [5.41, 5.74) is 0.735. The molecule has 1 fully saturated rings. The van der Waals surface area contributed by atoms with E-state index in [4.69, 9.17) is 4.74 Å². The fraction of sp³-hybridized carbons (Fsp3) is 0.692. The first-order valence-corrected chi connectivity index (χ1v) is 6.76. The number of likely N-dealkylation sites (tertiary alicyclic amines) is 1. The summed E-state index contributed by atoms with van der Waals surface area (Å²) in [5.74, 6) is 0.587. The number of ether oxygens (including phenoxy) is 1. The molecular formula is C13H22N4O2. The molecule has 1 aromatic rings. The van der Waals surface area contributed by atoms with E-state index in [-0.39, 0.29) is 6.03 Å². The third kappa shape index (κ3) is 3.96. The van der Waals surface area contributed by atoms with Gasteiger partial charge in [0.25, 0.3) is 0 Å². The van der Waals surface area contributed by atoms with Crippen molar-refractivity contribution in [3.05, 3.63) is 12.4 Å². The Bertz CT molecular complexity index is 419. The molecule has 0 unspecified atom stereocenters. The van der Waals surface area contributed by atoms with E-state index >= 15 is 0 Å². The van der Waals surface area contributed by atoms with Crippen molar-refractivity contribution in [2.75, 3.05) is 32.1 Å². The first kappa shape index (κ1) is 13.9. The number of carbonyl (C=O) groups excluding carboxylic acids is 1. The van der Waals surface area contributed by atoms with Gasteiger partial charge in [0.1, 0.15) is 0 Å². The van der Waals surface area contributed by atoms with Crippen LogP contribution in [0.1, 0.15) is 19.8 Å². The molecule has 0 saturated carbocycles. The monoisotopic (exact) mass is 266 g/mol. The van der Waals surface area contributed by atoms with E-state index in [0.717, 1.165) is 25.2 Å². The Kier molecular flexibility index (Phi) is 4.79. The minimum absolute atomic E-state index is 0.0298. The largest absolute Gasteiger partial charge is 0.383 e. The van der Waals surface area contributed by atoms with Crippen molar-refractivity contribution in [1.29, 1.82) is 0 Å². The molecule has 1 aliphatic heterocycles. The number of amides is 2. The molecule has 2 rings (SSSR count). The van der Waals surface area contributed by atoms with E-state index in [9.17, 15) is 4.79 Å². The summed E-state index contributed by atoms with van der Waals surface area (Å²) < 4.78 is 6.75. The van der Waals surface area contributed by atoms with Gasteiger partial charge in [0, 0.05) is 26.4 Å². The van der Waals surface area contributed by atoms with Gasteiger partial charge in [0.15, 0.2) is 0 Å². The van der Waals surface area contributed by atoms with E-state index < -0.39 is 0 Å². The maximum atomic E-state index is 12.1. The predicted octanol–water partition coefficient (Wildman–Crippen LogP) is 1.79. The highest BCUT2D eigenvalue weighted by Crippen LogP contribution is 2.16. The lowest BCUT2D eigenvalue weighted by molar-refractivity contribution is 0.182. The number of nitrogens with one attached hydrogen (secondary N) is 1. The Hall–Kier alpha value is -1.56. The van der Waals surface area contributed by atoms with Crippen molar-refractivity contribution in [3.63, 3.8) is 0 Å². The zero-order chi connectivity index (χ0) is 13.7. The Morgan fingerprint density at radius 3 is 3.21 bits per heavy atom. The Morgan fingerprint density at radius 2 is 2.47 bits per heavy atom. The summed E-state index contributed by atoms with van der Waals surface area (Å²) in [6.45, 7) is 5.16. The van der Waals surface area contributed by atoms with Crippen LogP contribution in [-0.4, -0.2) is 47.5 Å². The second-order valence-electron chi connectivity index (χ2n) is 5.11. The average Bonchev–Trinajstić information content (AvgIpc) is 2.84. The van der Waals surface area contributed by atoms with Crippen molar-refractivity contribution in [2.24, 2.45) is 5.92 Å². The summed E-state index contributed by atoms with van der Waals surface area (Å²) in [6.07, 6.45) is 5.78. The first-order chi connectivity index (χ1) is 9.19. The SMILES string of the molecule is COCCn1cc(NC(=O)N2CCC[C@@H](C)C2)cn1. The average molecular weight is 266 g/mol. The third-order valence-electron chi connectivity index (χ3n) is 3.35. The normalized spacial score (nSPS) is 19.5. The molecule has 0 bridgehead atoms. The van der Waals surface area contributed by atoms with Crippen LogP contribution >= 0.6 is 0 Å². The molecule has 0 aliphatic carbocycles. The summed E-state index contributed by atoms with van der Waals surface area (Å²) in [5, 5.41) is 7.06. The molecule has 1 aliphatic rings. The molecular weight excluding hydrogens is 244 g/mol. The molecule has 1 aromatic heterocycles. The molecule has 6 heteroatoms. The minimum Gasteiger partial charge on any atom is -0.383 e. The topological polar surface area (TPSA) is 59.4 Å². The fourth-order valence-electron chi connectivity index (χ4n) is 2.31. The maximum Gasteiger partial charge on any atom is 0.321 e. The molecule has 19 heavy (non-hydrogen) atoms. The van der Waals surface area contributed by atoms with E-state index in [1.54, 1.807) is 18.0 Å². The fourth-order valence-corrected chi connectivity index (χ4v) is 2.31. The molecule has 0 radical (unpaired) electrons. The van der Waals surface area contributed by atoms with Gasteiger partial charge in [0.05, 0.1) is 25.0 Å². The van der Waals surface area contributed by atoms with Gasteiger partial charge in [-0.05, 0) is 18.8 Å². The molecule has 2 amide bonds. The Morgan fingerprint density at radius 1 is 1.63 bits per heavy atom. The number of nitrogens with zero attached hydrogens (tertiary/aromatic N) is 3. The van der Waals surface area contributed by atoms with Crippen LogP contribution in [0.2, 0.25) is 0 Å². The highest BCUT2D eigenvalue weighted by atomic mass is 16.5. The van der Waals surface area contributed by atoms with Gasteiger partial charge < -0.3 is 15.0 Å². The van der Waals surface area contributed by atoms with Crippen molar-refractivity contribution >= 4 is 11.7 Å². The Balaban J connectivity index is 1.86. The van der Waals surface area contributed by atoms with E-state index in [1.165, 1.54) is 6.42 Å². The van der Waals surface area contributed by atoms with Gasteiger partial charge in [-0.3, -0.25) is 4.68 Å². The summed E-state index contributed by atoms with van der Waals surface area (Å²) >= 11 is 0. The van der Waals surface area contributed by atoms with Crippen LogP contribution in [0.4, 0.5) is 10.5 Å². The second kappa shape index (κ2) is 6.56. The van der Waals surface area contributed by atoms with Gasteiger partial charge in [0.2, 0.25) is 0 Å². The van der Waals surface area contributed by atoms with Crippen LogP contribution in [0.15, 0.2) is 12.4 Å². The predicted molar refractivity (Wildman–Crippen MR) is 73.1 cm³/mol. The zero-order valence-electron chi connectivity index (χ0n) is 11.6. The van der Waals surface area contributed by atoms with Crippen LogP contribution in [0, 0.1) is 5.92 Å². The number of carbonyl (C=O) groups is 1. The van der Waals surface area contributed by atoms with E-state index in [2.05, 4.69) is 17.3 Å². The lowest BCUT2D eigenvalue weighted by Crippen LogP contribution is -2.41. The van der Waals surface area contributed by atoms with Gasteiger partial charge in [-0.25, -0.2) is 4.79 Å². The van der Waals surface area contributed by atoms with Crippen molar-refractivity contribution < 1.29 is 9.53 Å². The molecule has 6 nitrogen and oxygen atoms in total. The van der Waals surface area contributed by atoms with Crippen molar-refractivity contribution in [1.82, 2.24) is 14.7 Å². The van der Waals surface area contributed by atoms with Gasteiger partial charge in [-0.2, -0.15) is 5.10 Å². The number of piperidine rings is 1. The van der Waals surface area contributed by atoms with Crippen LogP contribution in [0.5, 0.6) is 0 Å². The molecule has 1 N–H and O–H groups in total. The number of hydrogen-bond acceptors (Lipinski definition) is 3. The molecule has 2 heterocycles. The molecule has 1 saturated heterocycles. The molecule has 106 valence electrons. The van der Waals surface area contributed by atoms with Crippen LogP contribution < -0.4 is 5.32 Å². The van der Waals surface area contributed by atoms with E-state index in [0.29, 0.717) is 19.1 Å². The van der Waals surface area contributed by atoms with Crippen LogP contribution in [-0.2, 0) is 11.3 Å². The summed E-state index contributed by atoms with van der Waals surface area (Å²) in [6, 6.07) is -0.0298. The number of urea groups is 1. The Labute approximate surface area is 113 Å². The highest BCUT2D eigenvalue weighted by Gasteiger charge is 2.21. The summed E-state index contributed by atoms with van der Waals surface area (Å²) in [7, 11) is 1.66. The zero-order valence-corrected chi connectivity index (χ0v) is 11.6. The van der Waals surface area contributed by atoms with Crippen LogP contribution in [0.25, 0.3) is 0 Å². The maximum absolute atomic E-state index is 12.1. The standard InChI is InChI=1S/C13H22N4O2/c1-11-4-3-5-16(9-11)13(18)15-12-8-14-17(10-12)6-7-19-2/h8,10-11H,3-7,9H2,1-2H3,(H,15,18)/t11-/m1/s1. The number of hydrogen-bond donors (Lipinski definition) is 1. The van der Waals surface area contributed by atoms with Crippen molar-refractivity contribution in [2.45, 2.75) is 26.3 Å². The van der Waals surface area contributed by atoms with Gasteiger partial charge >= 0.3 is 6.03 Å². The van der Waals surface area contributed by atoms with E-state index in [1.807, 2.05) is 11.1 Å². The number of anilines is 1. The number of aromatic nitrogens is 2. The van der Waals surface area contributed by atoms with Gasteiger partial charge in [-0.15, -0.1) is 0 Å². The lowest BCUT2D eigenvalue weighted by atomic mass is 10.0. The van der Waals surface area contributed by atoms with Gasteiger partial charge in [-0.1, -0.05) is 6.92 Å². The first-order valence-electron chi connectivity index (χ1n) is 6.76. The lowest BCUT2D eigenvalue weighted by Gasteiger charge is -2.30.